The van der Waals surface area contributed by atoms with E-state index in [1.165, 1.54) is 22.4 Å². The Morgan fingerprint density at radius 2 is 1.71 bits per heavy atom. The van der Waals surface area contributed by atoms with Gasteiger partial charge in [-0.05, 0) is 53.9 Å². The van der Waals surface area contributed by atoms with E-state index >= 15 is 0 Å². The average molecular weight is 375 g/mol. The third-order valence-corrected chi connectivity index (χ3v) is 5.52. The maximum absolute atomic E-state index is 10.9. The number of benzene rings is 3. The van der Waals surface area contributed by atoms with Crippen molar-refractivity contribution < 1.29 is 4.92 Å². The van der Waals surface area contributed by atoms with Crippen LogP contribution in [0.1, 0.15) is 24.0 Å². The van der Waals surface area contributed by atoms with Crippen LogP contribution >= 0.6 is 0 Å². The molecule has 1 saturated heterocycles. The second kappa shape index (κ2) is 8.50. The molecule has 1 aliphatic rings. The molecule has 0 spiro atoms. The van der Waals surface area contributed by atoms with E-state index < -0.39 is 0 Å². The molecule has 5 heteroatoms. The van der Waals surface area contributed by atoms with Gasteiger partial charge in [0.1, 0.15) is 0 Å². The van der Waals surface area contributed by atoms with E-state index in [4.69, 9.17) is 0 Å². The molecule has 0 saturated carbocycles. The molecule has 0 aliphatic carbocycles. The Hall–Kier alpha value is -2.76. The number of non-ortho nitro benzene ring substituents is 1. The van der Waals surface area contributed by atoms with E-state index in [0.717, 1.165) is 38.0 Å². The molecule has 5 nitrogen and oxygen atoms in total. The van der Waals surface area contributed by atoms with Crippen molar-refractivity contribution in [3.05, 3.63) is 88.0 Å². The zero-order valence-electron chi connectivity index (χ0n) is 15.9. The molecule has 0 atom stereocenters. The van der Waals surface area contributed by atoms with E-state index in [1.807, 2.05) is 6.07 Å². The van der Waals surface area contributed by atoms with Gasteiger partial charge >= 0.3 is 0 Å². The molecule has 0 aromatic heterocycles. The molecule has 4 rings (SSSR count). The molecule has 0 amide bonds. The van der Waals surface area contributed by atoms with Crippen LogP contribution in [0.25, 0.3) is 10.8 Å². The first-order valence-corrected chi connectivity index (χ1v) is 9.84. The molecule has 3 aromatic rings. The van der Waals surface area contributed by atoms with E-state index in [1.54, 1.807) is 12.1 Å². The maximum Gasteiger partial charge on any atom is 0.269 e. The molecule has 3 aromatic carbocycles. The van der Waals surface area contributed by atoms with Crippen LogP contribution in [0.2, 0.25) is 0 Å². The Balaban J connectivity index is 1.27. The molecule has 1 aliphatic heterocycles. The predicted molar refractivity (Wildman–Crippen MR) is 112 cm³/mol. The molecule has 1 heterocycles. The SMILES string of the molecule is O=[N+]([O-])c1cccc(CNC2CCN(Cc3ccc4ccccc4c3)CC2)c1. The van der Waals surface area contributed by atoms with Crippen molar-refractivity contribution in [3.63, 3.8) is 0 Å². The van der Waals surface area contributed by atoms with Crippen molar-refractivity contribution in [2.45, 2.75) is 32.0 Å². The average Bonchev–Trinajstić information content (AvgIpc) is 2.73. The first-order valence-electron chi connectivity index (χ1n) is 9.84. The number of nitro benzene ring substituents is 1. The maximum atomic E-state index is 10.9. The summed E-state index contributed by atoms with van der Waals surface area (Å²) in [6, 6.07) is 22.6. The number of hydrogen-bond donors (Lipinski definition) is 1. The van der Waals surface area contributed by atoms with Gasteiger partial charge in [-0.15, -0.1) is 0 Å². The van der Waals surface area contributed by atoms with Crippen molar-refractivity contribution in [1.82, 2.24) is 10.2 Å². The Morgan fingerprint density at radius 3 is 2.50 bits per heavy atom. The summed E-state index contributed by atoms with van der Waals surface area (Å²) in [5, 5.41) is 17.0. The first-order chi connectivity index (χ1) is 13.7. The third-order valence-electron chi connectivity index (χ3n) is 5.52. The Labute approximate surface area is 165 Å². The van der Waals surface area contributed by atoms with Gasteiger partial charge in [0.15, 0.2) is 0 Å². The fraction of sp³-hybridized carbons (Fsp3) is 0.304. The summed E-state index contributed by atoms with van der Waals surface area (Å²) in [5.74, 6) is 0. The Morgan fingerprint density at radius 1 is 0.929 bits per heavy atom. The summed E-state index contributed by atoms with van der Waals surface area (Å²) in [6.45, 7) is 3.80. The lowest BCUT2D eigenvalue weighted by molar-refractivity contribution is -0.384. The van der Waals surface area contributed by atoms with Crippen molar-refractivity contribution in [1.29, 1.82) is 0 Å². The van der Waals surface area contributed by atoms with Gasteiger partial charge in [-0.2, -0.15) is 0 Å². The molecular weight excluding hydrogens is 350 g/mol. The lowest BCUT2D eigenvalue weighted by Gasteiger charge is -2.32. The van der Waals surface area contributed by atoms with Crippen molar-refractivity contribution in [2.75, 3.05) is 13.1 Å². The minimum atomic E-state index is -0.339. The highest BCUT2D eigenvalue weighted by atomic mass is 16.6. The molecule has 1 fully saturated rings. The number of fused-ring (bicyclic) bond motifs is 1. The van der Waals surface area contributed by atoms with Crippen LogP contribution in [0.15, 0.2) is 66.7 Å². The summed E-state index contributed by atoms with van der Waals surface area (Å²) in [5.41, 5.74) is 2.49. The largest absolute Gasteiger partial charge is 0.310 e. The van der Waals surface area contributed by atoms with Gasteiger partial charge in [0.2, 0.25) is 0 Å². The van der Waals surface area contributed by atoms with Crippen molar-refractivity contribution in [3.8, 4) is 0 Å². The zero-order valence-corrected chi connectivity index (χ0v) is 15.9. The van der Waals surface area contributed by atoms with Gasteiger partial charge in [0.25, 0.3) is 5.69 Å². The van der Waals surface area contributed by atoms with Crippen molar-refractivity contribution >= 4 is 16.5 Å². The van der Waals surface area contributed by atoms with Crippen LogP contribution in [0, 0.1) is 10.1 Å². The number of likely N-dealkylation sites (tertiary alicyclic amines) is 1. The fourth-order valence-electron chi connectivity index (χ4n) is 3.93. The van der Waals surface area contributed by atoms with Crippen LogP contribution < -0.4 is 5.32 Å². The van der Waals surface area contributed by atoms with Gasteiger partial charge in [0.05, 0.1) is 4.92 Å². The number of hydrogen-bond acceptors (Lipinski definition) is 4. The normalized spacial score (nSPS) is 15.7. The van der Waals surface area contributed by atoms with Gasteiger partial charge in [-0.1, -0.05) is 48.5 Å². The molecule has 0 bridgehead atoms. The molecule has 0 unspecified atom stereocenters. The van der Waals surface area contributed by atoms with Crippen molar-refractivity contribution in [2.24, 2.45) is 0 Å². The van der Waals surface area contributed by atoms with Crippen LogP contribution in [0.5, 0.6) is 0 Å². The number of nitrogens with one attached hydrogen (secondary N) is 1. The van der Waals surface area contributed by atoms with Gasteiger partial charge in [0, 0.05) is 31.3 Å². The van der Waals surface area contributed by atoms with E-state index in [2.05, 4.69) is 52.7 Å². The fourth-order valence-corrected chi connectivity index (χ4v) is 3.93. The zero-order chi connectivity index (χ0) is 19.3. The number of nitro groups is 1. The first kappa shape index (κ1) is 18.6. The highest BCUT2D eigenvalue weighted by Gasteiger charge is 2.19. The van der Waals surface area contributed by atoms with E-state index in [-0.39, 0.29) is 10.6 Å². The summed E-state index contributed by atoms with van der Waals surface area (Å²) in [4.78, 5) is 13.1. The molecular formula is C23H25N3O2. The monoisotopic (exact) mass is 375 g/mol. The molecule has 1 N–H and O–H groups in total. The molecule has 0 radical (unpaired) electrons. The van der Waals surface area contributed by atoms with Gasteiger partial charge in [-0.25, -0.2) is 0 Å². The summed E-state index contributed by atoms with van der Waals surface area (Å²) >= 11 is 0. The highest BCUT2D eigenvalue weighted by Crippen LogP contribution is 2.19. The highest BCUT2D eigenvalue weighted by molar-refractivity contribution is 5.82. The van der Waals surface area contributed by atoms with Gasteiger partial charge < -0.3 is 5.32 Å². The molecule has 144 valence electrons. The van der Waals surface area contributed by atoms with Gasteiger partial charge in [-0.3, -0.25) is 15.0 Å². The standard InChI is InChI=1S/C23H25N3O2/c27-26(28)23-7-3-4-18(15-23)16-24-22-10-12-25(13-11-22)17-19-8-9-20-5-1-2-6-21(20)14-19/h1-9,14-15,22,24H,10-13,16-17H2. The summed E-state index contributed by atoms with van der Waals surface area (Å²) in [7, 11) is 0. The van der Waals surface area contributed by atoms with Crippen LogP contribution in [-0.4, -0.2) is 29.0 Å². The Kier molecular flexibility index (Phi) is 5.65. The predicted octanol–water partition coefficient (Wildman–Crippen LogP) is 4.50. The Bertz CT molecular complexity index is 965. The minimum absolute atomic E-state index is 0.157. The van der Waals surface area contributed by atoms with E-state index in [9.17, 15) is 10.1 Å². The van der Waals surface area contributed by atoms with Crippen LogP contribution in [0.3, 0.4) is 0 Å². The number of rotatable bonds is 6. The summed E-state index contributed by atoms with van der Waals surface area (Å²) in [6.07, 6.45) is 2.20. The van der Waals surface area contributed by atoms with E-state index in [0.29, 0.717) is 12.6 Å². The topological polar surface area (TPSA) is 58.4 Å². The third kappa shape index (κ3) is 4.55. The second-order valence-corrected chi connectivity index (χ2v) is 7.54. The van der Waals surface area contributed by atoms with Crippen LogP contribution in [-0.2, 0) is 13.1 Å². The number of nitrogens with zero attached hydrogens (tertiary/aromatic N) is 2. The lowest BCUT2D eigenvalue weighted by atomic mass is 10.0. The minimum Gasteiger partial charge on any atom is -0.310 e. The molecule has 28 heavy (non-hydrogen) atoms. The summed E-state index contributed by atoms with van der Waals surface area (Å²) < 4.78 is 0. The lowest BCUT2D eigenvalue weighted by Crippen LogP contribution is -2.41. The van der Waals surface area contributed by atoms with Crippen LogP contribution in [0.4, 0.5) is 5.69 Å². The smallest absolute Gasteiger partial charge is 0.269 e. The second-order valence-electron chi connectivity index (χ2n) is 7.54. The number of piperidine rings is 1. The quantitative estimate of drug-likeness (QED) is 0.509.